The number of halogens is 1. The first-order valence-corrected chi connectivity index (χ1v) is 11.9. The van der Waals surface area contributed by atoms with Crippen LogP contribution in [0.5, 0.6) is 11.5 Å². The Morgan fingerprint density at radius 1 is 0.794 bits per heavy atom. The molecule has 4 nitrogen and oxygen atoms in total. The normalized spacial score (nSPS) is 12.9. The molecule has 5 heteroatoms. The van der Waals surface area contributed by atoms with Crippen LogP contribution in [-0.4, -0.2) is 10.7 Å². The van der Waals surface area contributed by atoms with Crippen molar-refractivity contribution < 1.29 is 4.74 Å². The molecular weight excluding hydrogens is 486 g/mol. The Morgan fingerprint density at radius 2 is 1.59 bits per heavy atom. The molecule has 0 spiro atoms. The van der Waals surface area contributed by atoms with Crippen molar-refractivity contribution in [3.63, 3.8) is 0 Å². The van der Waals surface area contributed by atoms with Gasteiger partial charge in [0.15, 0.2) is 0 Å². The number of benzene rings is 4. The zero-order chi connectivity index (χ0) is 22.9. The molecule has 1 aliphatic rings. The van der Waals surface area contributed by atoms with Gasteiger partial charge in [-0.2, -0.15) is 5.10 Å². The molecule has 164 valence electrons. The number of rotatable bonds is 4. The lowest BCUT2D eigenvalue weighted by Gasteiger charge is -2.28. The number of hydrazone groups is 1. The number of nitrogens with zero attached hydrogens (tertiary/aromatic N) is 3. The van der Waals surface area contributed by atoms with Gasteiger partial charge in [0.1, 0.15) is 11.5 Å². The van der Waals surface area contributed by atoms with E-state index >= 15 is 0 Å². The van der Waals surface area contributed by atoms with Gasteiger partial charge in [0, 0.05) is 27.2 Å². The second kappa shape index (κ2) is 8.76. The van der Waals surface area contributed by atoms with E-state index in [-0.39, 0.29) is 0 Å². The topological polar surface area (TPSA) is 37.7 Å². The van der Waals surface area contributed by atoms with Gasteiger partial charge in [0.25, 0.3) is 0 Å². The van der Waals surface area contributed by atoms with Crippen molar-refractivity contribution in [1.82, 2.24) is 4.98 Å². The van der Waals surface area contributed by atoms with E-state index in [2.05, 4.69) is 69.4 Å². The highest BCUT2D eigenvalue weighted by atomic mass is 79.9. The molecule has 2 heterocycles. The fourth-order valence-electron chi connectivity index (χ4n) is 4.22. The number of ether oxygens (including phenoxy) is 1. The summed E-state index contributed by atoms with van der Waals surface area (Å²) in [5.74, 6) is 1.55. The standard InChI is InChI=1S/C29H20BrN3O/c30-22-10-15-26-27(18-22)31-17-16-28(26)34-24-13-11-23(12-14-24)33-19-21-8-4-5-9-25(21)29(32-33)20-6-2-1-3-7-20/h1-18H,19H2. The number of anilines is 1. The molecule has 0 aliphatic carbocycles. The van der Waals surface area contributed by atoms with Crippen LogP contribution in [0.15, 0.2) is 119 Å². The predicted octanol–water partition coefficient (Wildman–Crippen LogP) is 7.56. The van der Waals surface area contributed by atoms with Gasteiger partial charge in [-0.05, 0) is 54.1 Å². The Bertz CT molecular complexity index is 1510. The molecule has 34 heavy (non-hydrogen) atoms. The van der Waals surface area contributed by atoms with Gasteiger partial charge in [0.05, 0.1) is 23.5 Å². The van der Waals surface area contributed by atoms with Gasteiger partial charge >= 0.3 is 0 Å². The first-order valence-electron chi connectivity index (χ1n) is 11.1. The molecule has 0 N–H and O–H groups in total. The maximum atomic E-state index is 6.21. The van der Waals surface area contributed by atoms with Crippen molar-refractivity contribution in [2.45, 2.75) is 6.54 Å². The quantitative estimate of drug-likeness (QED) is 0.253. The van der Waals surface area contributed by atoms with E-state index in [4.69, 9.17) is 9.84 Å². The highest BCUT2D eigenvalue weighted by molar-refractivity contribution is 9.10. The molecule has 0 radical (unpaired) electrons. The van der Waals surface area contributed by atoms with Gasteiger partial charge in [-0.1, -0.05) is 70.5 Å². The SMILES string of the molecule is Brc1ccc2c(Oc3ccc(N4Cc5ccccc5C(c5ccccc5)=N4)cc3)ccnc2c1. The maximum Gasteiger partial charge on any atom is 0.138 e. The molecule has 0 atom stereocenters. The van der Waals surface area contributed by atoms with Crippen LogP contribution in [0.1, 0.15) is 16.7 Å². The van der Waals surface area contributed by atoms with Crippen LogP contribution >= 0.6 is 15.9 Å². The van der Waals surface area contributed by atoms with Gasteiger partial charge in [-0.15, -0.1) is 0 Å². The summed E-state index contributed by atoms with van der Waals surface area (Å²) in [5.41, 5.74) is 6.43. The Kier molecular flexibility index (Phi) is 5.32. The lowest BCUT2D eigenvalue weighted by atomic mass is 9.96. The van der Waals surface area contributed by atoms with Gasteiger partial charge in [-0.25, -0.2) is 0 Å². The summed E-state index contributed by atoms with van der Waals surface area (Å²) in [7, 11) is 0. The van der Waals surface area contributed by atoms with Crippen LogP contribution < -0.4 is 9.75 Å². The van der Waals surface area contributed by atoms with Gasteiger partial charge in [-0.3, -0.25) is 9.99 Å². The van der Waals surface area contributed by atoms with E-state index in [1.54, 1.807) is 6.20 Å². The lowest BCUT2D eigenvalue weighted by Crippen LogP contribution is -2.26. The van der Waals surface area contributed by atoms with Crippen LogP contribution in [0.2, 0.25) is 0 Å². The Labute approximate surface area is 206 Å². The van der Waals surface area contributed by atoms with Crippen LogP contribution in [0.4, 0.5) is 5.69 Å². The van der Waals surface area contributed by atoms with Gasteiger partial charge in [0.2, 0.25) is 0 Å². The monoisotopic (exact) mass is 505 g/mol. The highest BCUT2D eigenvalue weighted by Crippen LogP contribution is 2.32. The average molecular weight is 506 g/mol. The minimum Gasteiger partial charge on any atom is -0.457 e. The van der Waals surface area contributed by atoms with E-state index in [1.165, 1.54) is 11.1 Å². The Hall–Kier alpha value is -3.96. The molecule has 0 saturated heterocycles. The zero-order valence-corrected chi connectivity index (χ0v) is 19.8. The Morgan fingerprint density at radius 3 is 2.44 bits per heavy atom. The fourth-order valence-corrected chi connectivity index (χ4v) is 4.57. The third kappa shape index (κ3) is 3.95. The molecule has 4 aromatic carbocycles. The van der Waals surface area contributed by atoms with Crippen molar-refractivity contribution in [2.24, 2.45) is 5.10 Å². The minimum absolute atomic E-state index is 0.719. The lowest BCUT2D eigenvalue weighted by molar-refractivity contribution is 0.488. The second-order valence-electron chi connectivity index (χ2n) is 8.10. The van der Waals surface area contributed by atoms with E-state index in [9.17, 15) is 0 Å². The first-order chi connectivity index (χ1) is 16.7. The van der Waals surface area contributed by atoms with Gasteiger partial charge < -0.3 is 4.74 Å². The molecule has 0 unspecified atom stereocenters. The molecule has 1 aromatic heterocycles. The maximum absolute atomic E-state index is 6.21. The molecule has 0 saturated carbocycles. The number of fused-ring (bicyclic) bond motifs is 2. The molecule has 0 fully saturated rings. The van der Waals surface area contributed by atoms with Crippen molar-refractivity contribution in [3.05, 3.63) is 130 Å². The van der Waals surface area contributed by atoms with Crippen molar-refractivity contribution in [1.29, 1.82) is 0 Å². The average Bonchev–Trinajstić information content (AvgIpc) is 2.89. The summed E-state index contributed by atoms with van der Waals surface area (Å²) in [5, 5.41) is 8.04. The second-order valence-corrected chi connectivity index (χ2v) is 9.01. The largest absolute Gasteiger partial charge is 0.457 e. The van der Waals surface area contributed by atoms with E-state index in [1.807, 2.05) is 59.6 Å². The molecule has 5 aromatic rings. The molecule has 1 aliphatic heterocycles. The van der Waals surface area contributed by atoms with Crippen molar-refractivity contribution in [3.8, 4) is 11.5 Å². The van der Waals surface area contributed by atoms with E-state index in [0.717, 1.165) is 50.4 Å². The zero-order valence-electron chi connectivity index (χ0n) is 18.2. The summed E-state index contributed by atoms with van der Waals surface area (Å²) >= 11 is 3.50. The molecular formula is C29H20BrN3O. The summed E-state index contributed by atoms with van der Waals surface area (Å²) in [6.45, 7) is 0.719. The molecule has 6 rings (SSSR count). The Balaban J connectivity index is 1.31. The predicted molar refractivity (Wildman–Crippen MR) is 141 cm³/mol. The first kappa shape index (κ1) is 20.6. The smallest absolute Gasteiger partial charge is 0.138 e. The molecule has 0 bridgehead atoms. The summed E-state index contributed by atoms with van der Waals surface area (Å²) in [6, 6.07) is 34.8. The van der Waals surface area contributed by atoms with E-state index in [0.29, 0.717) is 0 Å². The summed E-state index contributed by atoms with van der Waals surface area (Å²) in [4.78, 5) is 4.44. The summed E-state index contributed by atoms with van der Waals surface area (Å²) < 4.78 is 7.20. The third-order valence-electron chi connectivity index (χ3n) is 5.89. The number of hydrogen-bond donors (Lipinski definition) is 0. The summed E-state index contributed by atoms with van der Waals surface area (Å²) in [6.07, 6.45) is 1.77. The number of aromatic nitrogens is 1. The van der Waals surface area contributed by atoms with Crippen LogP contribution in [0, 0.1) is 0 Å². The van der Waals surface area contributed by atoms with Crippen LogP contribution in [0.3, 0.4) is 0 Å². The molecule has 0 amide bonds. The van der Waals surface area contributed by atoms with Crippen LogP contribution in [-0.2, 0) is 6.54 Å². The third-order valence-corrected chi connectivity index (χ3v) is 6.38. The van der Waals surface area contributed by atoms with Crippen LogP contribution in [0.25, 0.3) is 10.9 Å². The van der Waals surface area contributed by atoms with Crippen molar-refractivity contribution >= 4 is 38.2 Å². The fraction of sp³-hybridized carbons (Fsp3) is 0.0345. The van der Waals surface area contributed by atoms with E-state index < -0.39 is 0 Å². The highest BCUT2D eigenvalue weighted by Gasteiger charge is 2.21. The number of hydrogen-bond acceptors (Lipinski definition) is 4. The van der Waals surface area contributed by atoms with Crippen molar-refractivity contribution in [2.75, 3.05) is 5.01 Å². The number of pyridine rings is 1. The minimum atomic E-state index is 0.719.